The number of nitrogens with zero attached hydrogens (tertiary/aromatic N) is 2. The largest absolute Gasteiger partial charge is 0.389 e. The fraction of sp³-hybridized carbons (Fsp3) is 0.846. The number of aliphatic hydroxyl groups excluding tert-OH is 1. The van der Waals surface area contributed by atoms with Gasteiger partial charge in [0.25, 0.3) is 0 Å². The van der Waals surface area contributed by atoms with Crippen LogP contribution in [0.1, 0.15) is 13.8 Å². The lowest BCUT2D eigenvalue weighted by Crippen LogP contribution is -2.48. The molecule has 17 heavy (non-hydrogen) atoms. The van der Waals surface area contributed by atoms with Gasteiger partial charge in [0.2, 0.25) is 0 Å². The highest BCUT2D eigenvalue weighted by Crippen LogP contribution is 2.08. The smallest absolute Gasteiger partial charge is 0.122 e. The molecule has 0 spiro atoms. The number of ether oxygens (including phenoxy) is 1. The summed E-state index contributed by atoms with van der Waals surface area (Å²) in [5.41, 5.74) is -0.594. The van der Waals surface area contributed by atoms with Crippen LogP contribution in [-0.2, 0) is 4.74 Å². The summed E-state index contributed by atoms with van der Waals surface area (Å²) in [5, 5.41) is 9.88. The number of aliphatic hydroxyl groups is 1. The van der Waals surface area contributed by atoms with Crippen LogP contribution in [0.25, 0.3) is 0 Å². The monoisotopic (exact) mass is 240 g/mol. The first-order chi connectivity index (χ1) is 7.93. The SMILES string of the molecule is C#CC(C)(C)OC[C@H](O)CN1CCN(C)CC1. The predicted molar refractivity (Wildman–Crippen MR) is 68.8 cm³/mol. The van der Waals surface area contributed by atoms with E-state index in [0.29, 0.717) is 13.2 Å². The Labute approximate surface area is 105 Å². The van der Waals surface area contributed by atoms with Crippen LogP contribution >= 0.6 is 0 Å². The fourth-order valence-electron chi connectivity index (χ4n) is 1.73. The number of β-amino-alcohol motifs (C(OH)–C–C–N with tert-alkyl or cyclic N) is 1. The molecule has 1 heterocycles. The van der Waals surface area contributed by atoms with Crippen molar-refractivity contribution >= 4 is 0 Å². The number of rotatable bonds is 5. The molecule has 0 amide bonds. The third-order valence-corrected chi connectivity index (χ3v) is 3.05. The van der Waals surface area contributed by atoms with Crippen molar-refractivity contribution in [2.45, 2.75) is 25.6 Å². The van der Waals surface area contributed by atoms with Crippen molar-refractivity contribution < 1.29 is 9.84 Å². The quantitative estimate of drug-likeness (QED) is 0.688. The zero-order chi connectivity index (χ0) is 12.9. The molecular formula is C13H24N2O2. The number of likely N-dealkylation sites (N-methyl/N-ethyl adjacent to an activating group) is 1. The minimum atomic E-state index is -0.594. The zero-order valence-electron chi connectivity index (χ0n) is 11.1. The molecule has 0 radical (unpaired) electrons. The molecule has 0 saturated carbocycles. The molecule has 0 bridgehead atoms. The Hall–Kier alpha value is -0.600. The van der Waals surface area contributed by atoms with Gasteiger partial charge in [-0.15, -0.1) is 6.42 Å². The summed E-state index contributed by atoms with van der Waals surface area (Å²) in [5.74, 6) is 2.55. The van der Waals surface area contributed by atoms with Gasteiger partial charge in [-0.05, 0) is 20.9 Å². The van der Waals surface area contributed by atoms with Crippen LogP contribution in [0.4, 0.5) is 0 Å². The van der Waals surface area contributed by atoms with Crippen molar-refractivity contribution in [1.82, 2.24) is 9.80 Å². The number of terminal acetylenes is 1. The Kier molecular flexibility index (Phi) is 5.41. The summed E-state index contributed by atoms with van der Waals surface area (Å²) in [4.78, 5) is 4.55. The fourth-order valence-corrected chi connectivity index (χ4v) is 1.73. The highest BCUT2D eigenvalue weighted by molar-refractivity contribution is 5.02. The van der Waals surface area contributed by atoms with Crippen LogP contribution in [0.2, 0.25) is 0 Å². The summed E-state index contributed by atoms with van der Waals surface area (Å²) in [6.07, 6.45) is 4.85. The van der Waals surface area contributed by atoms with E-state index in [0.717, 1.165) is 26.2 Å². The average molecular weight is 240 g/mol. The van der Waals surface area contributed by atoms with Crippen molar-refractivity contribution in [3.8, 4) is 12.3 Å². The van der Waals surface area contributed by atoms with Gasteiger partial charge in [-0.3, -0.25) is 4.90 Å². The molecule has 1 fully saturated rings. The summed E-state index contributed by atoms with van der Waals surface area (Å²) >= 11 is 0. The predicted octanol–water partition coefficient (Wildman–Crippen LogP) is 0.0231. The first-order valence-electron chi connectivity index (χ1n) is 6.13. The third-order valence-electron chi connectivity index (χ3n) is 3.05. The van der Waals surface area contributed by atoms with Crippen LogP contribution in [0.15, 0.2) is 0 Å². The maximum atomic E-state index is 9.88. The van der Waals surface area contributed by atoms with E-state index in [4.69, 9.17) is 11.2 Å². The van der Waals surface area contributed by atoms with Crippen LogP contribution in [0, 0.1) is 12.3 Å². The molecule has 4 nitrogen and oxygen atoms in total. The standard InChI is InChI=1S/C13H24N2O2/c1-5-13(2,3)17-11-12(16)10-15-8-6-14(4)7-9-15/h1,12,16H,6-11H2,2-4H3/t12-/m1/s1. The maximum absolute atomic E-state index is 9.88. The molecule has 1 rings (SSSR count). The second-order valence-corrected chi connectivity index (χ2v) is 5.22. The van der Waals surface area contributed by atoms with Crippen molar-refractivity contribution in [3.05, 3.63) is 0 Å². The summed E-state index contributed by atoms with van der Waals surface area (Å²) < 4.78 is 5.48. The highest BCUT2D eigenvalue weighted by Gasteiger charge is 2.20. The van der Waals surface area contributed by atoms with Crippen LogP contribution in [0.5, 0.6) is 0 Å². The van der Waals surface area contributed by atoms with E-state index in [1.807, 2.05) is 13.8 Å². The lowest BCUT2D eigenvalue weighted by atomic mass is 10.1. The highest BCUT2D eigenvalue weighted by atomic mass is 16.5. The molecule has 1 N–H and O–H groups in total. The van der Waals surface area contributed by atoms with Gasteiger partial charge in [0.05, 0.1) is 12.7 Å². The van der Waals surface area contributed by atoms with Gasteiger partial charge in [0.1, 0.15) is 5.60 Å². The Morgan fingerprint density at radius 1 is 1.35 bits per heavy atom. The maximum Gasteiger partial charge on any atom is 0.122 e. The Bertz CT molecular complexity index is 265. The zero-order valence-corrected chi connectivity index (χ0v) is 11.1. The van der Waals surface area contributed by atoms with E-state index >= 15 is 0 Å². The molecule has 0 aromatic rings. The van der Waals surface area contributed by atoms with E-state index in [1.165, 1.54) is 0 Å². The average Bonchev–Trinajstić information content (AvgIpc) is 2.30. The molecule has 1 atom stereocenters. The van der Waals surface area contributed by atoms with Crippen molar-refractivity contribution in [2.24, 2.45) is 0 Å². The first kappa shape index (κ1) is 14.5. The second-order valence-electron chi connectivity index (χ2n) is 5.22. The molecule has 98 valence electrons. The van der Waals surface area contributed by atoms with E-state index in [9.17, 15) is 5.11 Å². The Balaban J connectivity index is 2.21. The van der Waals surface area contributed by atoms with Gasteiger partial charge < -0.3 is 14.7 Å². The minimum Gasteiger partial charge on any atom is -0.389 e. The topological polar surface area (TPSA) is 35.9 Å². The van der Waals surface area contributed by atoms with Gasteiger partial charge >= 0.3 is 0 Å². The summed E-state index contributed by atoms with van der Waals surface area (Å²) in [7, 11) is 2.12. The molecule has 0 unspecified atom stereocenters. The van der Waals surface area contributed by atoms with Gasteiger partial charge in [-0.1, -0.05) is 5.92 Å². The van der Waals surface area contributed by atoms with E-state index in [2.05, 4.69) is 22.8 Å². The lowest BCUT2D eigenvalue weighted by Gasteiger charge is -2.33. The molecule has 0 aliphatic carbocycles. The molecule has 4 heteroatoms. The van der Waals surface area contributed by atoms with Crippen molar-refractivity contribution in [2.75, 3.05) is 46.4 Å². The van der Waals surface area contributed by atoms with Crippen LogP contribution in [-0.4, -0.2) is 73.0 Å². The van der Waals surface area contributed by atoms with Gasteiger partial charge in [-0.25, -0.2) is 0 Å². The molecule has 0 aromatic carbocycles. The number of hydrogen-bond donors (Lipinski definition) is 1. The minimum absolute atomic E-state index is 0.295. The Morgan fingerprint density at radius 3 is 2.47 bits per heavy atom. The van der Waals surface area contributed by atoms with E-state index in [1.54, 1.807) is 0 Å². The molecular weight excluding hydrogens is 216 g/mol. The number of hydrogen-bond acceptors (Lipinski definition) is 4. The van der Waals surface area contributed by atoms with Crippen molar-refractivity contribution in [1.29, 1.82) is 0 Å². The van der Waals surface area contributed by atoms with Gasteiger partial charge in [0.15, 0.2) is 0 Å². The van der Waals surface area contributed by atoms with Gasteiger partial charge in [-0.2, -0.15) is 0 Å². The molecule has 0 aromatic heterocycles. The van der Waals surface area contributed by atoms with E-state index in [-0.39, 0.29) is 0 Å². The normalized spacial score (nSPS) is 21.1. The van der Waals surface area contributed by atoms with Crippen LogP contribution in [0.3, 0.4) is 0 Å². The molecule has 1 saturated heterocycles. The van der Waals surface area contributed by atoms with Crippen molar-refractivity contribution in [3.63, 3.8) is 0 Å². The third kappa shape index (κ3) is 5.51. The van der Waals surface area contributed by atoms with Crippen LogP contribution < -0.4 is 0 Å². The summed E-state index contributed by atoms with van der Waals surface area (Å²) in [6, 6.07) is 0. The Morgan fingerprint density at radius 2 is 1.94 bits per heavy atom. The second kappa shape index (κ2) is 6.36. The molecule has 1 aliphatic rings. The first-order valence-corrected chi connectivity index (χ1v) is 6.13. The lowest BCUT2D eigenvalue weighted by molar-refractivity contribution is -0.0402. The van der Waals surface area contributed by atoms with E-state index < -0.39 is 11.7 Å². The number of piperazine rings is 1. The van der Waals surface area contributed by atoms with Gasteiger partial charge in [0, 0.05) is 32.7 Å². The molecule has 1 aliphatic heterocycles. The summed E-state index contributed by atoms with van der Waals surface area (Å²) in [6.45, 7) is 8.74.